The maximum Gasteiger partial charge on any atom is 0.310 e. The van der Waals surface area contributed by atoms with Crippen molar-refractivity contribution in [2.75, 3.05) is 26.4 Å². The van der Waals surface area contributed by atoms with Crippen molar-refractivity contribution in [3.63, 3.8) is 0 Å². The number of esters is 1. The van der Waals surface area contributed by atoms with Gasteiger partial charge in [-0.05, 0) is 26.8 Å². The molecule has 0 aromatic rings. The van der Waals surface area contributed by atoms with Crippen molar-refractivity contribution < 1.29 is 14.3 Å². The Morgan fingerprint density at radius 2 is 2.21 bits per heavy atom. The molecule has 2 atom stereocenters. The van der Waals surface area contributed by atoms with Crippen LogP contribution in [-0.4, -0.2) is 38.4 Å². The number of rotatable bonds is 5. The first-order chi connectivity index (χ1) is 6.79. The molecule has 1 fully saturated rings. The van der Waals surface area contributed by atoms with Crippen LogP contribution in [0.4, 0.5) is 0 Å². The Kier molecular flexibility index (Phi) is 4.90. The predicted octanol–water partition coefficient (Wildman–Crippen LogP) is 0.564. The minimum atomic E-state index is -0.0952. The van der Waals surface area contributed by atoms with Crippen molar-refractivity contribution in [1.29, 1.82) is 0 Å². The smallest absolute Gasteiger partial charge is 0.310 e. The van der Waals surface area contributed by atoms with Gasteiger partial charge in [-0.15, -0.1) is 0 Å². The van der Waals surface area contributed by atoms with E-state index in [-0.39, 0.29) is 17.9 Å². The average molecular weight is 201 g/mol. The molecular formula is C10H19NO3. The summed E-state index contributed by atoms with van der Waals surface area (Å²) < 4.78 is 10.3. The summed E-state index contributed by atoms with van der Waals surface area (Å²) in [4.78, 5) is 11.5. The molecule has 1 aliphatic rings. The van der Waals surface area contributed by atoms with Crippen LogP contribution in [0.1, 0.15) is 20.3 Å². The molecule has 4 heteroatoms. The van der Waals surface area contributed by atoms with Crippen LogP contribution in [0.5, 0.6) is 0 Å². The summed E-state index contributed by atoms with van der Waals surface area (Å²) in [6.07, 6.45) is 0.858. The van der Waals surface area contributed by atoms with E-state index >= 15 is 0 Å². The minimum Gasteiger partial charge on any atom is -0.466 e. The third kappa shape index (κ3) is 2.96. The van der Waals surface area contributed by atoms with Crippen LogP contribution in [-0.2, 0) is 14.3 Å². The van der Waals surface area contributed by atoms with Crippen molar-refractivity contribution in [3.8, 4) is 0 Å². The summed E-state index contributed by atoms with van der Waals surface area (Å²) in [5, 5.41) is 3.25. The summed E-state index contributed by atoms with van der Waals surface area (Å²) >= 11 is 0. The molecule has 1 rings (SSSR count). The minimum absolute atomic E-state index is 0.0264. The molecule has 1 N–H and O–H groups in total. The Balaban J connectivity index is 2.38. The molecule has 0 aliphatic carbocycles. The second-order valence-corrected chi connectivity index (χ2v) is 3.37. The first kappa shape index (κ1) is 11.5. The number of ether oxygens (including phenoxy) is 2. The Morgan fingerprint density at radius 3 is 2.86 bits per heavy atom. The van der Waals surface area contributed by atoms with Crippen molar-refractivity contribution in [2.24, 2.45) is 5.92 Å². The van der Waals surface area contributed by atoms with E-state index in [4.69, 9.17) is 9.47 Å². The predicted molar refractivity (Wildman–Crippen MR) is 53.0 cm³/mol. The number of hydrogen-bond donors (Lipinski definition) is 1. The van der Waals surface area contributed by atoms with Gasteiger partial charge in [-0.2, -0.15) is 0 Å². The van der Waals surface area contributed by atoms with Gasteiger partial charge in [0.25, 0.3) is 0 Å². The molecule has 0 aromatic carbocycles. The van der Waals surface area contributed by atoms with E-state index in [9.17, 15) is 4.79 Å². The SMILES string of the molecule is CCOCC1NCCC1C(=O)OCC. The lowest BCUT2D eigenvalue weighted by molar-refractivity contribution is -0.148. The molecule has 4 nitrogen and oxygen atoms in total. The van der Waals surface area contributed by atoms with Gasteiger partial charge in [-0.25, -0.2) is 0 Å². The van der Waals surface area contributed by atoms with Crippen LogP contribution in [0.3, 0.4) is 0 Å². The molecular weight excluding hydrogens is 182 g/mol. The van der Waals surface area contributed by atoms with Crippen LogP contribution in [0.25, 0.3) is 0 Å². The number of carbonyl (C=O) groups excluding carboxylic acids is 1. The average Bonchev–Trinajstić information content (AvgIpc) is 2.63. The highest BCUT2D eigenvalue weighted by Gasteiger charge is 2.33. The summed E-state index contributed by atoms with van der Waals surface area (Å²) in [6.45, 7) is 6.40. The van der Waals surface area contributed by atoms with Crippen LogP contribution in [0.2, 0.25) is 0 Å². The Morgan fingerprint density at radius 1 is 1.43 bits per heavy atom. The van der Waals surface area contributed by atoms with E-state index < -0.39 is 0 Å². The van der Waals surface area contributed by atoms with Gasteiger partial charge >= 0.3 is 5.97 Å². The molecule has 0 aromatic heterocycles. The Hall–Kier alpha value is -0.610. The van der Waals surface area contributed by atoms with Crippen LogP contribution >= 0.6 is 0 Å². The zero-order valence-electron chi connectivity index (χ0n) is 8.91. The van der Waals surface area contributed by atoms with E-state index in [1.807, 2.05) is 13.8 Å². The molecule has 0 bridgehead atoms. The summed E-state index contributed by atoms with van der Waals surface area (Å²) in [5.41, 5.74) is 0. The van der Waals surface area contributed by atoms with Crippen molar-refractivity contribution in [1.82, 2.24) is 5.32 Å². The number of carbonyl (C=O) groups is 1. The van der Waals surface area contributed by atoms with Gasteiger partial charge in [0, 0.05) is 12.6 Å². The molecule has 1 heterocycles. The second-order valence-electron chi connectivity index (χ2n) is 3.37. The van der Waals surface area contributed by atoms with Gasteiger partial charge in [0.05, 0.1) is 19.1 Å². The maximum atomic E-state index is 11.5. The van der Waals surface area contributed by atoms with Gasteiger partial charge in [0.15, 0.2) is 0 Å². The van der Waals surface area contributed by atoms with E-state index in [1.165, 1.54) is 0 Å². The molecule has 1 saturated heterocycles. The third-order valence-electron chi connectivity index (χ3n) is 2.44. The lowest BCUT2D eigenvalue weighted by atomic mass is 10.0. The van der Waals surface area contributed by atoms with Gasteiger partial charge in [-0.3, -0.25) is 4.79 Å². The lowest BCUT2D eigenvalue weighted by Gasteiger charge is -2.17. The molecule has 14 heavy (non-hydrogen) atoms. The second kappa shape index (κ2) is 5.98. The van der Waals surface area contributed by atoms with E-state index in [0.717, 1.165) is 13.0 Å². The summed E-state index contributed by atoms with van der Waals surface area (Å²) in [7, 11) is 0. The zero-order chi connectivity index (χ0) is 10.4. The highest BCUT2D eigenvalue weighted by Crippen LogP contribution is 2.17. The van der Waals surface area contributed by atoms with Crippen molar-refractivity contribution >= 4 is 5.97 Å². The van der Waals surface area contributed by atoms with Crippen molar-refractivity contribution in [3.05, 3.63) is 0 Å². The molecule has 0 spiro atoms. The molecule has 1 aliphatic heterocycles. The first-order valence-electron chi connectivity index (χ1n) is 5.27. The lowest BCUT2D eigenvalue weighted by Crippen LogP contribution is -2.36. The van der Waals surface area contributed by atoms with E-state index in [1.54, 1.807) is 0 Å². The van der Waals surface area contributed by atoms with Gasteiger partial charge in [0.1, 0.15) is 0 Å². The fourth-order valence-corrected chi connectivity index (χ4v) is 1.72. The molecule has 2 unspecified atom stereocenters. The normalized spacial score (nSPS) is 26.4. The summed E-state index contributed by atoms with van der Waals surface area (Å²) in [5.74, 6) is -0.122. The highest BCUT2D eigenvalue weighted by molar-refractivity contribution is 5.73. The van der Waals surface area contributed by atoms with E-state index in [2.05, 4.69) is 5.32 Å². The third-order valence-corrected chi connectivity index (χ3v) is 2.44. The quantitative estimate of drug-likeness (QED) is 0.660. The topological polar surface area (TPSA) is 47.6 Å². The first-order valence-corrected chi connectivity index (χ1v) is 5.27. The molecule has 0 saturated carbocycles. The van der Waals surface area contributed by atoms with Gasteiger partial charge in [0.2, 0.25) is 0 Å². The number of nitrogens with one attached hydrogen (secondary N) is 1. The van der Waals surface area contributed by atoms with Gasteiger partial charge < -0.3 is 14.8 Å². The fraction of sp³-hybridized carbons (Fsp3) is 0.900. The van der Waals surface area contributed by atoms with Crippen LogP contribution < -0.4 is 5.32 Å². The maximum absolute atomic E-state index is 11.5. The molecule has 0 amide bonds. The Labute approximate surface area is 85.0 Å². The summed E-state index contributed by atoms with van der Waals surface area (Å²) in [6, 6.07) is 0.133. The molecule has 0 radical (unpaired) electrons. The molecule has 82 valence electrons. The zero-order valence-corrected chi connectivity index (χ0v) is 8.91. The standard InChI is InChI=1S/C10H19NO3/c1-3-13-7-9-8(5-6-11-9)10(12)14-4-2/h8-9,11H,3-7H2,1-2H3. The highest BCUT2D eigenvalue weighted by atomic mass is 16.5. The largest absolute Gasteiger partial charge is 0.466 e. The monoisotopic (exact) mass is 201 g/mol. The number of hydrogen-bond acceptors (Lipinski definition) is 4. The van der Waals surface area contributed by atoms with E-state index in [0.29, 0.717) is 19.8 Å². The van der Waals surface area contributed by atoms with Crippen LogP contribution in [0.15, 0.2) is 0 Å². The fourth-order valence-electron chi connectivity index (χ4n) is 1.72. The van der Waals surface area contributed by atoms with Crippen molar-refractivity contribution in [2.45, 2.75) is 26.3 Å². The van der Waals surface area contributed by atoms with Gasteiger partial charge in [-0.1, -0.05) is 0 Å². The Bertz CT molecular complexity index is 184. The van der Waals surface area contributed by atoms with Crippen LogP contribution in [0, 0.1) is 5.92 Å².